The SMILES string of the molecule is Cc1cc2c(Nc3c(C)cccc3Cl)nc(N)nc2s1. The highest BCUT2D eigenvalue weighted by Gasteiger charge is 2.12. The van der Waals surface area contributed by atoms with Gasteiger partial charge < -0.3 is 11.1 Å². The summed E-state index contributed by atoms with van der Waals surface area (Å²) in [5.41, 5.74) is 7.67. The third kappa shape index (κ3) is 2.30. The van der Waals surface area contributed by atoms with Gasteiger partial charge in [-0.2, -0.15) is 4.98 Å². The zero-order valence-electron chi connectivity index (χ0n) is 11.1. The lowest BCUT2D eigenvalue weighted by Gasteiger charge is -2.11. The van der Waals surface area contributed by atoms with E-state index in [4.69, 9.17) is 17.3 Å². The number of aromatic nitrogens is 2. The Hall–Kier alpha value is -1.85. The second-order valence-electron chi connectivity index (χ2n) is 4.56. The monoisotopic (exact) mass is 304 g/mol. The first-order chi connectivity index (χ1) is 9.54. The maximum atomic E-state index is 6.24. The molecule has 102 valence electrons. The molecule has 4 nitrogen and oxygen atoms in total. The zero-order chi connectivity index (χ0) is 14.3. The van der Waals surface area contributed by atoms with Gasteiger partial charge in [-0.1, -0.05) is 23.7 Å². The molecule has 0 amide bonds. The van der Waals surface area contributed by atoms with E-state index in [2.05, 4.69) is 15.3 Å². The highest BCUT2D eigenvalue weighted by Crippen LogP contribution is 2.34. The van der Waals surface area contributed by atoms with Gasteiger partial charge in [-0.3, -0.25) is 0 Å². The van der Waals surface area contributed by atoms with E-state index >= 15 is 0 Å². The largest absolute Gasteiger partial charge is 0.368 e. The number of nitrogens with one attached hydrogen (secondary N) is 1. The molecule has 0 bridgehead atoms. The Morgan fingerprint density at radius 3 is 2.80 bits per heavy atom. The van der Waals surface area contributed by atoms with Crippen molar-refractivity contribution in [2.24, 2.45) is 0 Å². The number of nitrogens with zero attached hydrogens (tertiary/aromatic N) is 2. The average molecular weight is 305 g/mol. The Balaban J connectivity index is 2.15. The van der Waals surface area contributed by atoms with Crippen molar-refractivity contribution in [3.8, 4) is 0 Å². The first-order valence-electron chi connectivity index (χ1n) is 6.10. The van der Waals surface area contributed by atoms with Gasteiger partial charge in [0.05, 0.1) is 16.1 Å². The summed E-state index contributed by atoms with van der Waals surface area (Å²) in [6, 6.07) is 7.81. The first kappa shape index (κ1) is 13.1. The summed E-state index contributed by atoms with van der Waals surface area (Å²) >= 11 is 7.84. The number of nitrogens with two attached hydrogens (primary N) is 1. The van der Waals surface area contributed by atoms with Gasteiger partial charge in [-0.25, -0.2) is 4.98 Å². The Morgan fingerprint density at radius 2 is 2.05 bits per heavy atom. The van der Waals surface area contributed by atoms with Gasteiger partial charge in [-0.05, 0) is 31.5 Å². The van der Waals surface area contributed by atoms with Crippen molar-refractivity contribution in [3.63, 3.8) is 0 Å². The van der Waals surface area contributed by atoms with Crippen molar-refractivity contribution in [2.45, 2.75) is 13.8 Å². The number of rotatable bonds is 2. The lowest BCUT2D eigenvalue weighted by atomic mass is 10.2. The Kier molecular flexibility index (Phi) is 3.23. The third-order valence-corrected chi connectivity index (χ3v) is 4.26. The van der Waals surface area contributed by atoms with Crippen LogP contribution >= 0.6 is 22.9 Å². The van der Waals surface area contributed by atoms with E-state index in [-0.39, 0.29) is 5.95 Å². The molecule has 0 aliphatic carbocycles. The number of hydrogen-bond donors (Lipinski definition) is 2. The molecule has 0 atom stereocenters. The molecule has 0 saturated heterocycles. The van der Waals surface area contributed by atoms with Gasteiger partial charge in [0.25, 0.3) is 0 Å². The van der Waals surface area contributed by atoms with Crippen LogP contribution in [0.3, 0.4) is 0 Å². The maximum Gasteiger partial charge on any atom is 0.223 e. The molecule has 0 unspecified atom stereocenters. The van der Waals surface area contributed by atoms with Crippen LogP contribution in [0, 0.1) is 13.8 Å². The van der Waals surface area contributed by atoms with Gasteiger partial charge >= 0.3 is 0 Å². The molecule has 2 aromatic heterocycles. The fourth-order valence-corrected chi connectivity index (χ4v) is 3.22. The quantitative estimate of drug-likeness (QED) is 0.741. The predicted molar refractivity (Wildman–Crippen MR) is 86.0 cm³/mol. The molecule has 0 spiro atoms. The first-order valence-corrected chi connectivity index (χ1v) is 7.30. The van der Waals surface area contributed by atoms with Crippen molar-refractivity contribution in [1.29, 1.82) is 0 Å². The number of aryl methyl sites for hydroxylation is 2. The highest BCUT2D eigenvalue weighted by atomic mass is 35.5. The van der Waals surface area contributed by atoms with Crippen LogP contribution in [-0.4, -0.2) is 9.97 Å². The molecule has 3 N–H and O–H groups in total. The number of anilines is 3. The molecule has 3 aromatic rings. The predicted octanol–water partition coefficient (Wildman–Crippen LogP) is 4.29. The zero-order valence-corrected chi connectivity index (χ0v) is 12.6. The van der Waals surface area contributed by atoms with Crippen LogP contribution in [0.1, 0.15) is 10.4 Å². The van der Waals surface area contributed by atoms with E-state index in [1.165, 1.54) is 4.88 Å². The van der Waals surface area contributed by atoms with Gasteiger partial charge in [-0.15, -0.1) is 11.3 Å². The summed E-state index contributed by atoms with van der Waals surface area (Å²) in [6.45, 7) is 4.03. The number of fused-ring (bicyclic) bond motifs is 1. The lowest BCUT2D eigenvalue weighted by molar-refractivity contribution is 1.24. The standard InChI is InChI=1S/C14H13ClN4S/c1-7-4-3-5-10(15)11(7)17-12-9-6-8(2)20-13(9)19-14(16)18-12/h3-6H,1-2H3,(H3,16,17,18,19). The topological polar surface area (TPSA) is 63.8 Å². The van der Waals surface area contributed by atoms with Gasteiger partial charge in [0, 0.05) is 4.88 Å². The molecule has 0 fully saturated rings. The maximum absolute atomic E-state index is 6.24. The summed E-state index contributed by atoms with van der Waals surface area (Å²) in [4.78, 5) is 10.6. The molecule has 0 aliphatic rings. The van der Waals surface area contributed by atoms with Crippen LogP contribution in [0.5, 0.6) is 0 Å². The van der Waals surface area contributed by atoms with E-state index in [0.29, 0.717) is 10.8 Å². The second kappa shape index (κ2) is 4.92. The molecule has 20 heavy (non-hydrogen) atoms. The second-order valence-corrected chi connectivity index (χ2v) is 6.20. The van der Waals surface area contributed by atoms with E-state index < -0.39 is 0 Å². The summed E-state index contributed by atoms with van der Waals surface area (Å²) in [5.74, 6) is 0.944. The van der Waals surface area contributed by atoms with Crippen molar-refractivity contribution in [1.82, 2.24) is 9.97 Å². The molecule has 0 saturated carbocycles. The minimum atomic E-state index is 0.256. The van der Waals surface area contributed by atoms with Crippen LogP contribution < -0.4 is 11.1 Å². The number of halogens is 1. The van der Waals surface area contributed by atoms with E-state index in [9.17, 15) is 0 Å². The van der Waals surface area contributed by atoms with Crippen molar-refractivity contribution in [3.05, 3.63) is 39.7 Å². The van der Waals surface area contributed by atoms with E-state index in [1.54, 1.807) is 11.3 Å². The van der Waals surface area contributed by atoms with Crippen LogP contribution in [0.2, 0.25) is 5.02 Å². The number of hydrogen-bond acceptors (Lipinski definition) is 5. The lowest BCUT2D eigenvalue weighted by Crippen LogP contribution is -2.01. The van der Waals surface area contributed by atoms with Crippen LogP contribution in [0.4, 0.5) is 17.5 Å². The summed E-state index contributed by atoms with van der Waals surface area (Å²) < 4.78 is 0. The summed E-state index contributed by atoms with van der Waals surface area (Å²) in [5, 5.41) is 4.90. The Bertz CT molecular complexity index is 777. The molecule has 3 rings (SSSR count). The molecule has 1 aromatic carbocycles. The molecular formula is C14H13ClN4S. The van der Waals surface area contributed by atoms with Crippen LogP contribution in [0.25, 0.3) is 10.2 Å². The van der Waals surface area contributed by atoms with Gasteiger partial charge in [0.1, 0.15) is 10.6 Å². The normalized spacial score (nSPS) is 10.9. The van der Waals surface area contributed by atoms with Crippen molar-refractivity contribution in [2.75, 3.05) is 11.1 Å². The minimum Gasteiger partial charge on any atom is -0.368 e. The van der Waals surface area contributed by atoms with Crippen LogP contribution in [0.15, 0.2) is 24.3 Å². The minimum absolute atomic E-state index is 0.256. The Morgan fingerprint density at radius 1 is 1.25 bits per heavy atom. The molecule has 6 heteroatoms. The smallest absolute Gasteiger partial charge is 0.223 e. The highest BCUT2D eigenvalue weighted by molar-refractivity contribution is 7.18. The number of thiophene rings is 1. The van der Waals surface area contributed by atoms with Crippen molar-refractivity contribution < 1.29 is 0 Å². The molecule has 0 radical (unpaired) electrons. The molecular weight excluding hydrogens is 292 g/mol. The number of benzene rings is 1. The van der Waals surface area contributed by atoms with Gasteiger partial charge in [0.15, 0.2) is 0 Å². The summed E-state index contributed by atoms with van der Waals surface area (Å²) in [6.07, 6.45) is 0. The average Bonchev–Trinajstić information content (AvgIpc) is 2.74. The van der Waals surface area contributed by atoms with E-state index in [1.807, 2.05) is 38.1 Å². The third-order valence-electron chi connectivity index (χ3n) is 3.00. The Labute approximate surface area is 125 Å². The molecule has 2 heterocycles. The van der Waals surface area contributed by atoms with Crippen LogP contribution in [-0.2, 0) is 0 Å². The fraction of sp³-hybridized carbons (Fsp3) is 0.143. The fourth-order valence-electron chi connectivity index (χ4n) is 2.06. The van der Waals surface area contributed by atoms with E-state index in [0.717, 1.165) is 21.5 Å². The summed E-state index contributed by atoms with van der Waals surface area (Å²) in [7, 11) is 0. The number of nitrogen functional groups attached to an aromatic ring is 1. The van der Waals surface area contributed by atoms with Gasteiger partial charge in [0.2, 0.25) is 5.95 Å². The van der Waals surface area contributed by atoms with Crippen molar-refractivity contribution >= 4 is 50.6 Å². The molecule has 0 aliphatic heterocycles. The number of para-hydroxylation sites is 1.